The van der Waals surface area contributed by atoms with Crippen molar-refractivity contribution < 1.29 is 0 Å². The van der Waals surface area contributed by atoms with Crippen molar-refractivity contribution in [2.24, 2.45) is 0 Å². The largest absolute Gasteiger partial charge is 0.310 e. The van der Waals surface area contributed by atoms with Gasteiger partial charge >= 0.3 is 0 Å². The Kier molecular flexibility index (Phi) is 8.25. The normalized spacial score (nSPS) is 11.1. The lowest BCUT2D eigenvalue weighted by Gasteiger charge is -2.27. The molecule has 6 aromatic rings. The summed E-state index contributed by atoms with van der Waals surface area (Å²) in [6, 6.07) is 55.8. The summed E-state index contributed by atoms with van der Waals surface area (Å²) >= 11 is 0. The van der Waals surface area contributed by atoms with Gasteiger partial charge in [0.1, 0.15) is 0 Å². The standard InChI is InChI=1S/C42H33N/c1-3-14-32(4-2)41-30-29-40(31-42(41)37-19-12-7-13-20-37)43(38-25-21-35(22-26-38)33-15-8-5-9-16-33)39-27-23-36(24-28-39)34-17-10-6-11-18-34/h3-31H,1-2H2/b32-14+. The monoisotopic (exact) mass is 551 g/mol. The zero-order valence-corrected chi connectivity index (χ0v) is 24.1. The molecule has 1 nitrogen and oxygen atoms in total. The SMILES string of the molecule is C=C/C=C(\C=C)c1ccc(N(c2ccc(-c3ccccc3)cc2)c2ccc(-c3ccccc3)cc2)cc1-c1ccccc1. The Morgan fingerprint density at radius 1 is 0.442 bits per heavy atom. The van der Waals surface area contributed by atoms with Gasteiger partial charge in [0.05, 0.1) is 0 Å². The Bertz CT molecular complexity index is 1770. The highest BCUT2D eigenvalue weighted by Crippen LogP contribution is 2.40. The van der Waals surface area contributed by atoms with E-state index in [-0.39, 0.29) is 0 Å². The minimum atomic E-state index is 1.03. The van der Waals surface area contributed by atoms with Crippen LogP contribution in [0.5, 0.6) is 0 Å². The maximum absolute atomic E-state index is 4.08. The number of hydrogen-bond donors (Lipinski definition) is 0. The minimum absolute atomic E-state index is 1.03. The zero-order chi connectivity index (χ0) is 29.4. The van der Waals surface area contributed by atoms with E-state index in [1.54, 1.807) is 0 Å². The fraction of sp³-hybridized carbons (Fsp3) is 0. The molecule has 0 spiro atoms. The summed E-state index contributed by atoms with van der Waals surface area (Å²) in [6.07, 6.45) is 5.72. The van der Waals surface area contributed by atoms with Crippen LogP contribution in [0.15, 0.2) is 189 Å². The van der Waals surface area contributed by atoms with Crippen molar-refractivity contribution >= 4 is 22.6 Å². The van der Waals surface area contributed by atoms with Gasteiger partial charge in [0, 0.05) is 17.1 Å². The average Bonchev–Trinajstić information content (AvgIpc) is 3.09. The number of allylic oxidation sites excluding steroid dienone is 4. The highest BCUT2D eigenvalue weighted by molar-refractivity contribution is 5.90. The van der Waals surface area contributed by atoms with Crippen LogP contribution in [0.1, 0.15) is 5.56 Å². The molecule has 0 aliphatic rings. The van der Waals surface area contributed by atoms with Crippen LogP contribution in [0.2, 0.25) is 0 Å². The van der Waals surface area contributed by atoms with Crippen LogP contribution in [0, 0.1) is 0 Å². The van der Waals surface area contributed by atoms with Gasteiger partial charge in [-0.15, -0.1) is 0 Å². The summed E-state index contributed by atoms with van der Waals surface area (Å²) < 4.78 is 0. The van der Waals surface area contributed by atoms with E-state index >= 15 is 0 Å². The first-order valence-electron chi connectivity index (χ1n) is 14.5. The molecule has 0 saturated heterocycles. The maximum atomic E-state index is 4.08. The molecule has 0 amide bonds. The molecule has 0 radical (unpaired) electrons. The molecule has 0 atom stereocenters. The van der Waals surface area contributed by atoms with Crippen molar-refractivity contribution in [3.63, 3.8) is 0 Å². The van der Waals surface area contributed by atoms with Crippen LogP contribution in [-0.4, -0.2) is 0 Å². The van der Waals surface area contributed by atoms with E-state index < -0.39 is 0 Å². The molecule has 0 N–H and O–H groups in total. The molecule has 0 aliphatic heterocycles. The lowest BCUT2D eigenvalue weighted by Crippen LogP contribution is -2.10. The smallest absolute Gasteiger partial charge is 0.0468 e. The van der Waals surface area contributed by atoms with Crippen molar-refractivity contribution in [2.75, 3.05) is 4.90 Å². The molecular formula is C42H33N. The Morgan fingerprint density at radius 3 is 1.30 bits per heavy atom. The molecular weight excluding hydrogens is 518 g/mol. The Balaban J connectivity index is 1.50. The Morgan fingerprint density at radius 2 is 0.860 bits per heavy atom. The number of anilines is 3. The number of nitrogens with zero attached hydrogens (tertiary/aromatic N) is 1. The van der Waals surface area contributed by atoms with Gasteiger partial charge < -0.3 is 4.90 Å². The third kappa shape index (κ3) is 6.02. The lowest BCUT2D eigenvalue weighted by molar-refractivity contribution is 1.28. The molecule has 0 unspecified atom stereocenters. The second-order valence-electron chi connectivity index (χ2n) is 10.3. The first-order chi connectivity index (χ1) is 21.2. The molecule has 206 valence electrons. The quantitative estimate of drug-likeness (QED) is 0.162. The highest BCUT2D eigenvalue weighted by Gasteiger charge is 2.17. The minimum Gasteiger partial charge on any atom is -0.310 e. The molecule has 0 saturated carbocycles. The van der Waals surface area contributed by atoms with E-state index in [4.69, 9.17) is 0 Å². The van der Waals surface area contributed by atoms with E-state index in [1.165, 1.54) is 22.3 Å². The van der Waals surface area contributed by atoms with Gasteiger partial charge in [-0.3, -0.25) is 0 Å². The van der Waals surface area contributed by atoms with Crippen LogP contribution in [-0.2, 0) is 0 Å². The molecule has 6 aromatic carbocycles. The molecule has 1 heteroatoms. The summed E-state index contributed by atoms with van der Waals surface area (Å²) in [5.74, 6) is 0. The summed E-state index contributed by atoms with van der Waals surface area (Å²) in [4.78, 5) is 2.32. The third-order valence-corrected chi connectivity index (χ3v) is 7.64. The Labute approximate surface area is 255 Å². The van der Waals surface area contributed by atoms with Crippen molar-refractivity contribution in [3.05, 3.63) is 195 Å². The highest BCUT2D eigenvalue weighted by atomic mass is 15.1. The molecule has 6 rings (SSSR count). The van der Waals surface area contributed by atoms with Gasteiger partial charge in [0.15, 0.2) is 0 Å². The fourth-order valence-corrected chi connectivity index (χ4v) is 5.49. The first-order valence-corrected chi connectivity index (χ1v) is 14.5. The van der Waals surface area contributed by atoms with E-state index in [9.17, 15) is 0 Å². The van der Waals surface area contributed by atoms with Crippen LogP contribution in [0.4, 0.5) is 17.1 Å². The first kappa shape index (κ1) is 27.5. The van der Waals surface area contributed by atoms with Crippen molar-refractivity contribution in [3.8, 4) is 33.4 Å². The van der Waals surface area contributed by atoms with Crippen LogP contribution in [0.3, 0.4) is 0 Å². The summed E-state index contributed by atoms with van der Waals surface area (Å²) in [7, 11) is 0. The second kappa shape index (κ2) is 12.9. The van der Waals surface area contributed by atoms with E-state index in [0.717, 1.165) is 39.3 Å². The molecule has 0 aliphatic carbocycles. The second-order valence-corrected chi connectivity index (χ2v) is 10.3. The van der Waals surface area contributed by atoms with Crippen LogP contribution >= 0.6 is 0 Å². The van der Waals surface area contributed by atoms with Crippen molar-refractivity contribution in [2.45, 2.75) is 0 Å². The van der Waals surface area contributed by atoms with E-state index in [0.29, 0.717) is 0 Å². The van der Waals surface area contributed by atoms with Gasteiger partial charge in [-0.1, -0.05) is 153 Å². The lowest BCUT2D eigenvalue weighted by atomic mass is 9.93. The number of benzene rings is 6. The van der Waals surface area contributed by atoms with Crippen molar-refractivity contribution in [1.29, 1.82) is 0 Å². The molecule has 0 fully saturated rings. The molecule has 0 bridgehead atoms. The van der Waals surface area contributed by atoms with Crippen LogP contribution < -0.4 is 4.90 Å². The zero-order valence-electron chi connectivity index (χ0n) is 24.1. The third-order valence-electron chi connectivity index (χ3n) is 7.64. The molecule has 0 aromatic heterocycles. The van der Waals surface area contributed by atoms with Gasteiger partial charge in [-0.05, 0) is 80.9 Å². The fourth-order valence-electron chi connectivity index (χ4n) is 5.49. The van der Waals surface area contributed by atoms with Gasteiger partial charge in [-0.2, -0.15) is 0 Å². The van der Waals surface area contributed by atoms with Gasteiger partial charge in [-0.25, -0.2) is 0 Å². The summed E-state index contributed by atoms with van der Waals surface area (Å²) in [5, 5.41) is 0. The predicted octanol–water partition coefficient (Wildman–Crippen LogP) is 11.9. The predicted molar refractivity (Wildman–Crippen MR) is 186 cm³/mol. The average molecular weight is 552 g/mol. The topological polar surface area (TPSA) is 3.24 Å². The molecule has 43 heavy (non-hydrogen) atoms. The number of rotatable bonds is 9. The maximum Gasteiger partial charge on any atom is 0.0468 e. The van der Waals surface area contributed by atoms with Gasteiger partial charge in [0.25, 0.3) is 0 Å². The Hall–Kier alpha value is -5.66. The van der Waals surface area contributed by atoms with Crippen LogP contribution in [0.25, 0.3) is 39.0 Å². The molecule has 0 heterocycles. The summed E-state index contributed by atoms with van der Waals surface area (Å²) in [5.41, 5.74) is 12.5. The summed E-state index contributed by atoms with van der Waals surface area (Å²) in [6.45, 7) is 8.01. The van der Waals surface area contributed by atoms with Gasteiger partial charge in [0.2, 0.25) is 0 Å². The van der Waals surface area contributed by atoms with Crippen molar-refractivity contribution in [1.82, 2.24) is 0 Å². The number of hydrogen-bond acceptors (Lipinski definition) is 1. The van der Waals surface area contributed by atoms with E-state index in [2.05, 4.69) is 176 Å². The van der Waals surface area contributed by atoms with E-state index in [1.807, 2.05) is 18.2 Å².